The summed E-state index contributed by atoms with van der Waals surface area (Å²) in [4.78, 5) is 8.41. The Morgan fingerprint density at radius 3 is 2.72 bits per heavy atom. The monoisotopic (exact) mass is 398 g/mol. The lowest BCUT2D eigenvalue weighted by Crippen LogP contribution is -2.02. The van der Waals surface area contributed by atoms with Crippen LogP contribution in [0.1, 0.15) is 5.56 Å². The van der Waals surface area contributed by atoms with Crippen molar-refractivity contribution in [1.82, 2.24) is 19.7 Å². The summed E-state index contributed by atoms with van der Waals surface area (Å²) in [6.45, 7) is 0.380. The molecule has 0 aliphatic carbocycles. The van der Waals surface area contributed by atoms with E-state index in [0.717, 1.165) is 5.56 Å². The van der Waals surface area contributed by atoms with Gasteiger partial charge in [-0.25, -0.2) is 19.0 Å². The van der Waals surface area contributed by atoms with Crippen LogP contribution in [0.3, 0.4) is 0 Å². The van der Waals surface area contributed by atoms with Gasteiger partial charge in [-0.05, 0) is 23.8 Å². The predicted molar refractivity (Wildman–Crippen MR) is 95.1 cm³/mol. The third kappa shape index (κ3) is 3.10. The van der Waals surface area contributed by atoms with Crippen LogP contribution in [-0.2, 0) is 6.61 Å². The Hall–Kier alpha value is -2.80. The molecule has 124 valence electrons. The summed E-state index contributed by atoms with van der Waals surface area (Å²) in [5.41, 5.74) is 1.82. The summed E-state index contributed by atoms with van der Waals surface area (Å²) in [5.74, 6) is 0.0161. The van der Waals surface area contributed by atoms with Crippen molar-refractivity contribution < 1.29 is 9.13 Å². The van der Waals surface area contributed by atoms with E-state index >= 15 is 0 Å². The molecule has 0 saturated carbocycles. The van der Waals surface area contributed by atoms with E-state index in [1.54, 1.807) is 18.3 Å². The summed E-state index contributed by atoms with van der Waals surface area (Å²) >= 11 is 3.25. The van der Waals surface area contributed by atoms with Gasteiger partial charge in [-0.15, -0.1) is 0 Å². The normalized spacial score (nSPS) is 11.0. The summed E-state index contributed by atoms with van der Waals surface area (Å²) in [6.07, 6.45) is 2.97. The molecule has 0 N–H and O–H groups in total. The van der Waals surface area contributed by atoms with E-state index in [-0.39, 0.29) is 0 Å². The maximum atomic E-state index is 14.2. The number of aromatic nitrogens is 4. The first kappa shape index (κ1) is 15.7. The Kier molecular flexibility index (Phi) is 4.15. The van der Waals surface area contributed by atoms with Crippen molar-refractivity contribution in [2.45, 2.75) is 6.61 Å². The number of benzene rings is 2. The molecule has 25 heavy (non-hydrogen) atoms. The van der Waals surface area contributed by atoms with Crippen molar-refractivity contribution in [1.29, 1.82) is 0 Å². The largest absolute Gasteiger partial charge is 0.472 e. The number of halogens is 2. The summed E-state index contributed by atoms with van der Waals surface area (Å²) in [7, 11) is 0. The lowest BCUT2D eigenvalue weighted by atomic mass is 10.2. The number of ether oxygens (including phenoxy) is 1. The quantitative estimate of drug-likeness (QED) is 0.514. The summed E-state index contributed by atoms with van der Waals surface area (Å²) in [5, 5.41) is 4.88. The molecule has 0 spiro atoms. The molecular weight excluding hydrogens is 387 g/mol. The number of hydrogen-bond donors (Lipinski definition) is 0. The molecule has 4 rings (SSSR count). The van der Waals surface area contributed by atoms with Crippen molar-refractivity contribution in [3.8, 4) is 11.6 Å². The van der Waals surface area contributed by atoms with Crippen LogP contribution in [0, 0.1) is 5.82 Å². The maximum Gasteiger partial charge on any atom is 0.228 e. The van der Waals surface area contributed by atoms with Gasteiger partial charge in [0.15, 0.2) is 5.65 Å². The molecule has 0 unspecified atom stereocenters. The molecule has 2 aromatic carbocycles. The second-order valence-corrected chi connectivity index (χ2v) is 6.26. The van der Waals surface area contributed by atoms with Gasteiger partial charge in [-0.1, -0.05) is 46.3 Å². The Bertz CT molecular complexity index is 1040. The van der Waals surface area contributed by atoms with Crippen molar-refractivity contribution >= 4 is 27.0 Å². The van der Waals surface area contributed by atoms with Gasteiger partial charge in [0.25, 0.3) is 0 Å². The molecule has 0 fully saturated rings. The Morgan fingerprint density at radius 1 is 1.08 bits per heavy atom. The molecule has 0 radical (unpaired) electrons. The number of fused-ring (bicyclic) bond motifs is 1. The van der Waals surface area contributed by atoms with Gasteiger partial charge in [0.2, 0.25) is 5.88 Å². The highest BCUT2D eigenvalue weighted by Gasteiger charge is 2.15. The molecule has 4 aromatic rings. The average Bonchev–Trinajstić information content (AvgIpc) is 3.05. The van der Waals surface area contributed by atoms with Gasteiger partial charge < -0.3 is 4.74 Å². The molecule has 7 heteroatoms. The first-order chi connectivity index (χ1) is 12.2. The molecule has 0 aliphatic heterocycles. The Morgan fingerprint density at radius 2 is 1.92 bits per heavy atom. The van der Waals surface area contributed by atoms with E-state index in [2.05, 4.69) is 31.0 Å². The highest BCUT2D eigenvalue weighted by molar-refractivity contribution is 9.10. The van der Waals surface area contributed by atoms with Crippen LogP contribution in [0.15, 0.2) is 65.5 Å². The molecule has 2 aromatic heterocycles. The summed E-state index contributed by atoms with van der Waals surface area (Å²) < 4.78 is 22.1. The van der Waals surface area contributed by atoms with Crippen molar-refractivity contribution in [2.75, 3.05) is 0 Å². The summed E-state index contributed by atoms with van der Waals surface area (Å²) in [6, 6.07) is 14.6. The van der Waals surface area contributed by atoms with Crippen LogP contribution >= 0.6 is 15.9 Å². The van der Waals surface area contributed by atoms with Gasteiger partial charge in [0, 0.05) is 4.47 Å². The van der Waals surface area contributed by atoms with E-state index in [9.17, 15) is 4.39 Å². The fraction of sp³-hybridized carbons (Fsp3) is 0.0556. The van der Waals surface area contributed by atoms with Gasteiger partial charge in [0.05, 0.1) is 6.20 Å². The van der Waals surface area contributed by atoms with Crippen molar-refractivity contribution in [3.05, 3.63) is 76.9 Å². The van der Waals surface area contributed by atoms with E-state index in [1.165, 1.54) is 17.1 Å². The topological polar surface area (TPSA) is 52.8 Å². The Balaban J connectivity index is 1.70. The molecular formula is C18H12BrFN4O. The smallest absolute Gasteiger partial charge is 0.228 e. The molecule has 0 aliphatic rings. The zero-order chi connectivity index (χ0) is 17.2. The van der Waals surface area contributed by atoms with E-state index in [4.69, 9.17) is 4.74 Å². The van der Waals surface area contributed by atoms with Crippen LogP contribution in [0.4, 0.5) is 4.39 Å². The minimum absolute atomic E-state index is 0.311. The minimum atomic E-state index is -0.398. The SMILES string of the molecule is Fc1cc(Br)ccc1-n1ncc2c(OCc3ccccc3)ncnc21. The van der Waals surface area contributed by atoms with Gasteiger partial charge >= 0.3 is 0 Å². The number of nitrogens with zero attached hydrogens (tertiary/aromatic N) is 4. The van der Waals surface area contributed by atoms with Crippen LogP contribution in [0.2, 0.25) is 0 Å². The molecule has 2 heterocycles. The maximum absolute atomic E-state index is 14.2. The fourth-order valence-corrected chi connectivity index (χ4v) is 2.83. The standard InChI is InChI=1S/C18H12BrFN4O/c19-13-6-7-16(15(20)8-13)24-17-14(9-23-24)18(22-11-21-17)25-10-12-4-2-1-3-5-12/h1-9,11H,10H2. The van der Waals surface area contributed by atoms with E-state index < -0.39 is 5.82 Å². The predicted octanol–water partition coefficient (Wildman–Crippen LogP) is 4.30. The molecule has 0 saturated heterocycles. The third-order valence-electron chi connectivity index (χ3n) is 3.69. The minimum Gasteiger partial charge on any atom is -0.472 e. The lowest BCUT2D eigenvalue weighted by Gasteiger charge is -2.07. The molecule has 0 bridgehead atoms. The van der Waals surface area contributed by atoms with E-state index in [1.807, 2.05) is 30.3 Å². The number of hydrogen-bond acceptors (Lipinski definition) is 4. The highest BCUT2D eigenvalue weighted by atomic mass is 79.9. The van der Waals surface area contributed by atoms with E-state index in [0.29, 0.717) is 33.7 Å². The zero-order valence-electron chi connectivity index (χ0n) is 12.9. The lowest BCUT2D eigenvalue weighted by molar-refractivity contribution is 0.297. The van der Waals surface area contributed by atoms with Crippen LogP contribution < -0.4 is 4.74 Å². The number of rotatable bonds is 4. The van der Waals surface area contributed by atoms with Crippen molar-refractivity contribution in [3.63, 3.8) is 0 Å². The first-order valence-corrected chi connectivity index (χ1v) is 8.32. The zero-order valence-corrected chi connectivity index (χ0v) is 14.5. The van der Waals surface area contributed by atoms with Crippen molar-refractivity contribution in [2.24, 2.45) is 0 Å². The first-order valence-electron chi connectivity index (χ1n) is 7.53. The second-order valence-electron chi connectivity index (χ2n) is 5.34. The van der Waals surface area contributed by atoms with Crippen LogP contribution in [-0.4, -0.2) is 19.7 Å². The Labute approximate surface area is 151 Å². The molecule has 5 nitrogen and oxygen atoms in total. The fourth-order valence-electron chi connectivity index (χ4n) is 2.49. The van der Waals surface area contributed by atoms with Crippen LogP contribution in [0.25, 0.3) is 16.7 Å². The highest BCUT2D eigenvalue weighted by Crippen LogP contribution is 2.26. The average molecular weight is 399 g/mol. The second kappa shape index (κ2) is 6.60. The van der Waals surface area contributed by atoms with Crippen LogP contribution in [0.5, 0.6) is 5.88 Å². The molecule has 0 atom stereocenters. The van der Waals surface area contributed by atoms with Gasteiger partial charge in [-0.2, -0.15) is 5.10 Å². The molecule has 0 amide bonds. The third-order valence-corrected chi connectivity index (χ3v) is 4.18. The van der Waals surface area contributed by atoms with Gasteiger partial charge in [-0.3, -0.25) is 0 Å². The van der Waals surface area contributed by atoms with Gasteiger partial charge in [0.1, 0.15) is 29.8 Å².